The van der Waals surface area contributed by atoms with Gasteiger partial charge in [-0.3, -0.25) is 4.79 Å². The summed E-state index contributed by atoms with van der Waals surface area (Å²) >= 11 is 0. The van der Waals surface area contributed by atoms with E-state index in [9.17, 15) is 13.2 Å². The average Bonchev–Trinajstić information content (AvgIpc) is 2.72. The molecule has 176 valence electrons. The number of unbranched alkanes of at least 4 members (excludes halogenated alkanes) is 1. The van der Waals surface area contributed by atoms with Crippen molar-refractivity contribution < 1.29 is 13.2 Å². The minimum atomic E-state index is -3.07. The molecule has 31 heavy (non-hydrogen) atoms. The molecule has 6 nitrogen and oxygen atoms in total. The molecule has 1 N–H and O–H groups in total. The molecule has 0 aliphatic carbocycles. The van der Waals surface area contributed by atoms with E-state index < -0.39 is 10.0 Å². The minimum Gasteiger partial charge on any atom is -0.326 e. The van der Waals surface area contributed by atoms with Gasteiger partial charge in [-0.15, -0.1) is 0 Å². The fourth-order valence-electron chi connectivity index (χ4n) is 4.34. The van der Waals surface area contributed by atoms with Crippen LogP contribution in [0.2, 0.25) is 0 Å². The highest BCUT2D eigenvalue weighted by Crippen LogP contribution is 2.22. The van der Waals surface area contributed by atoms with Crippen molar-refractivity contribution in [3.8, 4) is 0 Å². The highest BCUT2D eigenvalue weighted by molar-refractivity contribution is 7.88. The molecule has 1 unspecified atom stereocenters. The van der Waals surface area contributed by atoms with Crippen LogP contribution >= 0.6 is 0 Å². The fourth-order valence-corrected chi connectivity index (χ4v) is 5.22. The molecule has 1 aromatic rings. The molecule has 7 heteroatoms. The Labute approximate surface area is 189 Å². The Kier molecular flexibility index (Phi) is 10.5. The summed E-state index contributed by atoms with van der Waals surface area (Å²) in [5, 5.41) is 3.02. The van der Waals surface area contributed by atoms with Gasteiger partial charge in [-0.05, 0) is 69.2 Å². The molecule has 0 spiro atoms. The summed E-state index contributed by atoms with van der Waals surface area (Å²) in [5.74, 6) is 0.622. The standard InChI is InChI=1S/C24H41N3O3S/c1-5-7-11-24(28)25-23-10-8-9-22(18-23)17-20(3)26(14-6-2)19-21-12-15-27(16-13-21)31(4,29)30/h8-10,18,20-21H,5-7,11-17,19H2,1-4H3,(H,25,28). The molecule has 1 aliphatic rings. The van der Waals surface area contributed by atoms with E-state index in [4.69, 9.17) is 0 Å². The van der Waals surface area contributed by atoms with E-state index in [1.165, 1.54) is 11.8 Å². The summed E-state index contributed by atoms with van der Waals surface area (Å²) in [4.78, 5) is 14.6. The number of hydrogen-bond donors (Lipinski definition) is 1. The van der Waals surface area contributed by atoms with Crippen LogP contribution in [-0.4, -0.2) is 62.0 Å². The van der Waals surface area contributed by atoms with E-state index in [1.54, 1.807) is 4.31 Å². The molecule has 1 saturated heterocycles. The predicted molar refractivity (Wildman–Crippen MR) is 129 cm³/mol. The number of amides is 1. The molecule has 2 rings (SSSR count). The average molecular weight is 452 g/mol. The monoisotopic (exact) mass is 451 g/mol. The topological polar surface area (TPSA) is 69.7 Å². The van der Waals surface area contributed by atoms with Crippen LogP contribution in [-0.2, 0) is 21.2 Å². The van der Waals surface area contributed by atoms with Gasteiger partial charge in [0, 0.05) is 37.8 Å². The summed E-state index contributed by atoms with van der Waals surface area (Å²) in [6.45, 7) is 9.90. The van der Waals surface area contributed by atoms with Crippen LogP contribution in [0, 0.1) is 5.92 Å². The van der Waals surface area contributed by atoms with E-state index in [0.717, 1.165) is 57.3 Å². The second-order valence-electron chi connectivity index (χ2n) is 9.01. The maximum atomic E-state index is 12.0. The number of nitrogens with zero attached hydrogens (tertiary/aromatic N) is 2. The Morgan fingerprint density at radius 3 is 2.55 bits per heavy atom. The van der Waals surface area contributed by atoms with E-state index in [1.807, 2.05) is 12.1 Å². The molecule has 1 heterocycles. The van der Waals surface area contributed by atoms with Crippen LogP contribution < -0.4 is 5.32 Å². The van der Waals surface area contributed by atoms with Crippen molar-refractivity contribution >= 4 is 21.6 Å². The molecule has 0 aromatic heterocycles. The number of carbonyl (C=O) groups is 1. The lowest BCUT2D eigenvalue weighted by Crippen LogP contribution is -2.44. The summed E-state index contributed by atoms with van der Waals surface area (Å²) < 4.78 is 25.1. The van der Waals surface area contributed by atoms with Gasteiger partial charge in [0.15, 0.2) is 0 Å². The van der Waals surface area contributed by atoms with Gasteiger partial charge in [0.05, 0.1) is 6.26 Å². The number of hydrogen-bond acceptors (Lipinski definition) is 4. The lowest BCUT2D eigenvalue weighted by Gasteiger charge is -2.36. The molecule has 0 saturated carbocycles. The van der Waals surface area contributed by atoms with E-state index in [-0.39, 0.29) is 5.91 Å². The summed E-state index contributed by atoms with van der Waals surface area (Å²) in [6.07, 6.45) is 7.70. The van der Waals surface area contributed by atoms with Crippen molar-refractivity contribution in [2.45, 2.75) is 71.8 Å². The van der Waals surface area contributed by atoms with Crippen LogP contribution in [0.1, 0.15) is 64.9 Å². The van der Waals surface area contributed by atoms with E-state index in [0.29, 0.717) is 31.5 Å². The molecule has 0 radical (unpaired) electrons. The van der Waals surface area contributed by atoms with Gasteiger partial charge in [0.25, 0.3) is 0 Å². The first-order valence-electron chi connectivity index (χ1n) is 11.8. The van der Waals surface area contributed by atoms with Crippen molar-refractivity contribution in [2.24, 2.45) is 5.92 Å². The van der Waals surface area contributed by atoms with Gasteiger partial charge < -0.3 is 10.2 Å². The minimum absolute atomic E-state index is 0.0834. The molecule has 0 bridgehead atoms. The molecule has 1 aromatic carbocycles. The third-order valence-electron chi connectivity index (χ3n) is 6.17. The first-order chi connectivity index (χ1) is 14.7. The maximum absolute atomic E-state index is 12.0. The predicted octanol–water partition coefficient (Wildman–Crippen LogP) is 4.13. The quantitative estimate of drug-likeness (QED) is 0.519. The van der Waals surface area contributed by atoms with Crippen LogP contribution in [0.25, 0.3) is 0 Å². The van der Waals surface area contributed by atoms with Crippen molar-refractivity contribution in [3.63, 3.8) is 0 Å². The second kappa shape index (κ2) is 12.6. The normalized spacial score (nSPS) is 17.1. The third-order valence-corrected chi connectivity index (χ3v) is 7.47. The zero-order valence-corrected chi connectivity index (χ0v) is 20.6. The third kappa shape index (κ3) is 8.91. The van der Waals surface area contributed by atoms with E-state index in [2.05, 4.69) is 43.1 Å². The Balaban J connectivity index is 1.92. The Bertz CT molecular complexity index is 789. The van der Waals surface area contributed by atoms with Crippen LogP contribution in [0.3, 0.4) is 0 Å². The summed E-state index contributed by atoms with van der Waals surface area (Å²) in [6, 6.07) is 8.58. The number of sulfonamides is 1. The highest BCUT2D eigenvalue weighted by Gasteiger charge is 2.27. The number of piperidine rings is 1. The van der Waals surface area contributed by atoms with Crippen LogP contribution in [0.4, 0.5) is 5.69 Å². The highest BCUT2D eigenvalue weighted by atomic mass is 32.2. The lowest BCUT2D eigenvalue weighted by atomic mass is 9.96. The molecular weight excluding hydrogens is 410 g/mol. The fraction of sp³-hybridized carbons (Fsp3) is 0.708. The summed E-state index contributed by atoms with van der Waals surface area (Å²) in [5.41, 5.74) is 2.11. The Morgan fingerprint density at radius 2 is 1.94 bits per heavy atom. The summed E-state index contributed by atoms with van der Waals surface area (Å²) in [7, 11) is -3.07. The van der Waals surface area contributed by atoms with Gasteiger partial charge in [-0.2, -0.15) is 0 Å². The van der Waals surface area contributed by atoms with Gasteiger partial charge in [0.1, 0.15) is 0 Å². The zero-order chi connectivity index (χ0) is 22.9. The Hall–Kier alpha value is -1.44. The molecular formula is C24H41N3O3S. The van der Waals surface area contributed by atoms with Crippen LogP contribution in [0.15, 0.2) is 24.3 Å². The van der Waals surface area contributed by atoms with Crippen molar-refractivity contribution in [1.29, 1.82) is 0 Å². The molecule has 1 aliphatic heterocycles. The van der Waals surface area contributed by atoms with Gasteiger partial charge in [-0.1, -0.05) is 32.4 Å². The molecule has 1 amide bonds. The number of rotatable bonds is 12. The van der Waals surface area contributed by atoms with Gasteiger partial charge in [-0.25, -0.2) is 12.7 Å². The largest absolute Gasteiger partial charge is 0.326 e. The SMILES string of the molecule is CCCCC(=O)Nc1cccc(CC(C)N(CCC)CC2CCN(S(C)(=O)=O)CC2)c1. The Morgan fingerprint density at radius 1 is 1.23 bits per heavy atom. The smallest absolute Gasteiger partial charge is 0.224 e. The van der Waals surface area contributed by atoms with Crippen molar-refractivity contribution in [2.75, 3.05) is 37.8 Å². The van der Waals surface area contributed by atoms with E-state index >= 15 is 0 Å². The number of nitrogens with one attached hydrogen (secondary N) is 1. The zero-order valence-electron chi connectivity index (χ0n) is 19.8. The molecule has 1 atom stereocenters. The second-order valence-corrected chi connectivity index (χ2v) is 11.0. The first kappa shape index (κ1) is 25.8. The van der Waals surface area contributed by atoms with Gasteiger partial charge in [0.2, 0.25) is 15.9 Å². The first-order valence-corrected chi connectivity index (χ1v) is 13.7. The number of anilines is 1. The number of benzene rings is 1. The van der Waals surface area contributed by atoms with Crippen molar-refractivity contribution in [1.82, 2.24) is 9.21 Å². The van der Waals surface area contributed by atoms with Gasteiger partial charge >= 0.3 is 0 Å². The molecule has 1 fully saturated rings. The van der Waals surface area contributed by atoms with Crippen LogP contribution in [0.5, 0.6) is 0 Å². The van der Waals surface area contributed by atoms with Crippen molar-refractivity contribution in [3.05, 3.63) is 29.8 Å². The lowest BCUT2D eigenvalue weighted by molar-refractivity contribution is -0.116. The number of carbonyl (C=O) groups excluding carboxylic acids is 1. The maximum Gasteiger partial charge on any atom is 0.224 e.